The first-order valence-corrected chi connectivity index (χ1v) is 7.33. The van der Waals surface area contributed by atoms with Crippen LogP contribution in [0, 0.1) is 0 Å². The van der Waals surface area contributed by atoms with E-state index in [1.807, 2.05) is 11.8 Å². The van der Waals surface area contributed by atoms with Gasteiger partial charge in [0.05, 0.1) is 17.7 Å². The molecule has 0 bridgehead atoms. The van der Waals surface area contributed by atoms with E-state index in [1.165, 1.54) is 0 Å². The monoisotopic (exact) mass is 269 g/mol. The number of carbonyl (C=O) groups excluding carboxylic acids is 1. The Morgan fingerprint density at radius 3 is 2.63 bits per heavy atom. The molecule has 0 aliphatic carbocycles. The third-order valence-electron chi connectivity index (χ3n) is 4.09. The first-order chi connectivity index (χ1) is 8.93. The van der Waals surface area contributed by atoms with Crippen LogP contribution in [0.25, 0.3) is 0 Å². The molecule has 0 aromatic rings. The van der Waals surface area contributed by atoms with E-state index < -0.39 is 0 Å². The van der Waals surface area contributed by atoms with Crippen molar-refractivity contribution in [3.63, 3.8) is 0 Å². The summed E-state index contributed by atoms with van der Waals surface area (Å²) in [5, 5.41) is 0. The number of carbonyl (C=O) groups is 1. The van der Waals surface area contributed by atoms with E-state index in [9.17, 15) is 4.79 Å². The third-order valence-corrected chi connectivity index (χ3v) is 4.09. The van der Waals surface area contributed by atoms with E-state index in [0.717, 1.165) is 39.0 Å². The Kier molecular flexibility index (Phi) is 4.48. The van der Waals surface area contributed by atoms with Gasteiger partial charge in [-0.2, -0.15) is 0 Å². The zero-order valence-electron chi connectivity index (χ0n) is 12.4. The molecule has 2 saturated heterocycles. The van der Waals surface area contributed by atoms with E-state index in [1.54, 1.807) is 0 Å². The third kappa shape index (κ3) is 3.46. The van der Waals surface area contributed by atoms with Crippen molar-refractivity contribution in [1.82, 2.24) is 9.80 Å². The molecular weight excluding hydrogens is 242 g/mol. The fraction of sp³-hybridized carbons (Fsp3) is 0.929. The second-order valence-corrected chi connectivity index (χ2v) is 6.37. The predicted molar refractivity (Wildman–Crippen MR) is 74.9 cm³/mol. The molecule has 1 amide bonds. The lowest BCUT2D eigenvalue weighted by Gasteiger charge is -2.45. The SMILES string of the molecule is CC(C(=O)N1CCCC1)N1CC(CN)OC(C)(C)C1. The van der Waals surface area contributed by atoms with Crippen molar-refractivity contribution in [2.45, 2.75) is 51.4 Å². The van der Waals surface area contributed by atoms with Gasteiger partial charge >= 0.3 is 0 Å². The lowest BCUT2D eigenvalue weighted by molar-refractivity contribution is -0.155. The first kappa shape index (κ1) is 14.8. The minimum atomic E-state index is -0.234. The predicted octanol–water partition coefficient (Wildman–Crippen LogP) is 0.435. The maximum absolute atomic E-state index is 12.5. The number of morpholine rings is 1. The second kappa shape index (κ2) is 5.77. The summed E-state index contributed by atoms with van der Waals surface area (Å²) in [4.78, 5) is 16.7. The number of ether oxygens (including phenoxy) is 1. The Bertz CT molecular complexity index is 327. The van der Waals surface area contributed by atoms with Crippen LogP contribution in [0.5, 0.6) is 0 Å². The summed E-state index contributed by atoms with van der Waals surface area (Å²) >= 11 is 0. The van der Waals surface area contributed by atoms with Crippen LogP contribution in [-0.2, 0) is 9.53 Å². The molecule has 5 heteroatoms. The normalized spacial score (nSPS) is 29.5. The molecule has 0 radical (unpaired) electrons. The van der Waals surface area contributed by atoms with E-state index in [2.05, 4.69) is 18.7 Å². The number of amides is 1. The van der Waals surface area contributed by atoms with Gasteiger partial charge in [-0.15, -0.1) is 0 Å². The minimum Gasteiger partial charge on any atom is -0.368 e. The van der Waals surface area contributed by atoms with Gasteiger partial charge in [0.1, 0.15) is 0 Å². The second-order valence-electron chi connectivity index (χ2n) is 6.37. The van der Waals surface area contributed by atoms with Gasteiger partial charge in [0.25, 0.3) is 0 Å². The highest BCUT2D eigenvalue weighted by Crippen LogP contribution is 2.23. The molecule has 0 spiro atoms. The summed E-state index contributed by atoms with van der Waals surface area (Å²) in [5.41, 5.74) is 5.50. The van der Waals surface area contributed by atoms with Crippen molar-refractivity contribution < 1.29 is 9.53 Å². The lowest BCUT2D eigenvalue weighted by Crippen LogP contribution is -2.59. The molecule has 2 aliphatic rings. The van der Waals surface area contributed by atoms with Crippen LogP contribution in [0.15, 0.2) is 0 Å². The number of hydrogen-bond donors (Lipinski definition) is 1. The average Bonchev–Trinajstić information content (AvgIpc) is 2.88. The van der Waals surface area contributed by atoms with Crippen LogP contribution in [0.3, 0.4) is 0 Å². The van der Waals surface area contributed by atoms with Gasteiger partial charge < -0.3 is 15.4 Å². The lowest BCUT2D eigenvalue weighted by atomic mass is 10.0. The van der Waals surface area contributed by atoms with Crippen molar-refractivity contribution in [3.05, 3.63) is 0 Å². The maximum Gasteiger partial charge on any atom is 0.239 e. The highest BCUT2D eigenvalue weighted by atomic mass is 16.5. The van der Waals surface area contributed by atoms with Gasteiger partial charge in [0.15, 0.2) is 0 Å². The summed E-state index contributed by atoms with van der Waals surface area (Å²) in [5.74, 6) is 0.256. The van der Waals surface area contributed by atoms with E-state index in [4.69, 9.17) is 10.5 Å². The van der Waals surface area contributed by atoms with Gasteiger partial charge in [0, 0.05) is 32.7 Å². The van der Waals surface area contributed by atoms with Crippen molar-refractivity contribution in [3.8, 4) is 0 Å². The fourth-order valence-corrected chi connectivity index (χ4v) is 3.12. The molecule has 2 rings (SSSR count). The van der Waals surface area contributed by atoms with E-state index >= 15 is 0 Å². The number of hydrogen-bond acceptors (Lipinski definition) is 4. The molecule has 2 heterocycles. The molecule has 2 aliphatic heterocycles. The molecule has 0 aromatic carbocycles. The summed E-state index contributed by atoms with van der Waals surface area (Å²) in [6, 6.07) is -0.0738. The topological polar surface area (TPSA) is 58.8 Å². The number of nitrogens with two attached hydrogens (primary N) is 1. The summed E-state index contributed by atoms with van der Waals surface area (Å²) < 4.78 is 5.92. The van der Waals surface area contributed by atoms with Crippen LogP contribution in [0.4, 0.5) is 0 Å². The zero-order valence-corrected chi connectivity index (χ0v) is 12.4. The Morgan fingerprint density at radius 1 is 1.42 bits per heavy atom. The molecule has 5 nitrogen and oxygen atoms in total. The standard InChI is InChI=1S/C14H27N3O2/c1-11(13(18)16-6-4-5-7-16)17-9-12(8-15)19-14(2,3)10-17/h11-12H,4-10,15H2,1-3H3. The van der Waals surface area contributed by atoms with Crippen LogP contribution < -0.4 is 5.73 Å². The molecule has 19 heavy (non-hydrogen) atoms. The number of rotatable bonds is 3. The summed E-state index contributed by atoms with van der Waals surface area (Å²) in [6.07, 6.45) is 2.30. The van der Waals surface area contributed by atoms with Gasteiger partial charge in [-0.3, -0.25) is 9.69 Å². The molecule has 2 N–H and O–H groups in total. The number of nitrogens with zero attached hydrogens (tertiary/aromatic N) is 2. The summed E-state index contributed by atoms with van der Waals surface area (Å²) in [6.45, 7) is 10.0. The van der Waals surface area contributed by atoms with Gasteiger partial charge in [-0.05, 0) is 33.6 Å². The minimum absolute atomic E-state index is 0.0255. The molecule has 2 unspecified atom stereocenters. The van der Waals surface area contributed by atoms with Gasteiger partial charge in [-0.1, -0.05) is 0 Å². The van der Waals surface area contributed by atoms with E-state index in [-0.39, 0.29) is 23.7 Å². The Labute approximate surface area is 116 Å². The number of likely N-dealkylation sites (tertiary alicyclic amines) is 1. The Morgan fingerprint density at radius 2 is 2.05 bits per heavy atom. The summed E-state index contributed by atoms with van der Waals surface area (Å²) in [7, 11) is 0. The highest BCUT2D eigenvalue weighted by Gasteiger charge is 2.37. The first-order valence-electron chi connectivity index (χ1n) is 7.33. The van der Waals surface area contributed by atoms with Crippen LogP contribution in [-0.4, -0.2) is 66.2 Å². The van der Waals surface area contributed by atoms with E-state index in [0.29, 0.717) is 6.54 Å². The smallest absolute Gasteiger partial charge is 0.239 e. The molecular formula is C14H27N3O2. The van der Waals surface area contributed by atoms with Crippen LogP contribution >= 0.6 is 0 Å². The average molecular weight is 269 g/mol. The highest BCUT2D eigenvalue weighted by molar-refractivity contribution is 5.81. The molecule has 0 saturated carbocycles. The Balaban J connectivity index is 2.00. The molecule has 110 valence electrons. The van der Waals surface area contributed by atoms with Crippen LogP contribution in [0.1, 0.15) is 33.6 Å². The van der Waals surface area contributed by atoms with Gasteiger partial charge in [0.2, 0.25) is 5.91 Å². The quantitative estimate of drug-likeness (QED) is 0.807. The zero-order chi connectivity index (χ0) is 14.0. The largest absolute Gasteiger partial charge is 0.368 e. The Hall–Kier alpha value is -0.650. The molecule has 2 atom stereocenters. The van der Waals surface area contributed by atoms with Crippen molar-refractivity contribution in [1.29, 1.82) is 0 Å². The van der Waals surface area contributed by atoms with Crippen molar-refractivity contribution in [2.75, 3.05) is 32.7 Å². The van der Waals surface area contributed by atoms with Crippen LogP contribution in [0.2, 0.25) is 0 Å². The molecule has 0 aromatic heterocycles. The molecule has 2 fully saturated rings. The van der Waals surface area contributed by atoms with Crippen molar-refractivity contribution in [2.24, 2.45) is 5.73 Å². The maximum atomic E-state index is 12.5. The van der Waals surface area contributed by atoms with Crippen molar-refractivity contribution >= 4 is 5.91 Å². The van der Waals surface area contributed by atoms with Gasteiger partial charge in [-0.25, -0.2) is 0 Å². The fourth-order valence-electron chi connectivity index (χ4n) is 3.12.